The Hall–Kier alpha value is -3.55. The van der Waals surface area contributed by atoms with Crippen molar-refractivity contribution in [2.45, 2.75) is 79.0 Å². The van der Waals surface area contributed by atoms with Crippen molar-refractivity contribution in [2.24, 2.45) is 5.92 Å². The zero-order valence-electron chi connectivity index (χ0n) is 24.0. The molecule has 0 saturated heterocycles. The molecule has 0 aromatic heterocycles. The first kappa shape index (κ1) is 30.7. The van der Waals surface area contributed by atoms with Crippen molar-refractivity contribution in [1.82, 2.24) is 10.2 Å². The number of anilines is 1. The first-order valence-corrected chi connectivity index (χ1v) is 13.3. The van der Waals surface area contributed by atoms with Crippen LogP contribution in [-0.2, 0) is 20.7 Å². The first-order valence-electron chi connectivity index (χ1n) is 13.3. The van der Waals surface area contributed by atoms with Crippen molar-refractivity contribution in [3.8, 4) is 5.75 Å². The number of ether oxygens (including phenoxy) is 2. The zero-order valence-corrected chi connectivity index (χ0v) is 24.0. The minimum atomic E-state index is -0.910. The fourth-order valence-corrected chi connectivity index (χ4v) is 4.06. The Kier molecular flexibility index (Phi) is 11.2. The van der Waals surface area contributed by atoms with Gasteiger partial charge < -0.3 is 25.0 Å². The quantitative estimate of drug-likeness (QED) is 0.391. The highest BCUT2D eigenvalue weighted by Gasteiger charge is 2.37. The Morgan fingerprint density at radius 1 is 0.947 bits per heavy atom. The summed E-state index contributed by atoms with van der Waals surface area (Å²) in [6, 6.07) is 12.9. The molecule has 0 aliphatic heterocycles. The van der Waals surface area contributed by atoms with Gasteiger partial charge in [0.25, 0.3) is 5.91 Å². The number of rotatable bonds is 11. The molecular weight excluding hydrogens is 482 g/mol. The molecule has 8 heteroatoms. The van der Waals surface area contributed by atoms with Gasteiger partial charge >= 0.3 is 6.09 Å². The van der Waals surface area contributed by atoms with Gasteiger partial charge in [-0.2, -0.15) is 0 Å². The maximum absolute atomic E-state index is 14.0. The molecule has 2 aromatic rings. The molecule has 0 heterocycles. The molecule has 2 rings (SSSR count). The van der Waals surface area contributed by atoms with E-state index in [2.05, 4.69) is 17.6 Å². The Labute approximate surface area is 227 Å². The van der Waals surface area contributed by atoms with Gasteiger partial charge in [0.15, 0.2) is 0 Å². The van der Waals surface area contributed by atoms with Crippen molar-refractivity contribution in [2.75, 3.05) is 19.0 Å². The molecule has 0 fully saturated rings. The van der Waals surface area contributed by atoms with Crippen LogP contribution < -0.4 is 15.4 Å². The summed E-state index contributed by atoms with van der Waals surface area (Å²) >= 11 is 0. The highest BCUT2D eigenvalue weighted by atomic mass is 16.6. The molecule has 0 aliphatic rings. The van der Waals surface area contributed by atoms with E-state index in [0.29, 0.717) is 23.4 Å². The Morgan fingerprint density at radius 3 is 2.03 bits per heavy atom. The largest absolute Gasteiger partial charge is 0.497 e. The van der Waals surface area contributed by atoms with Gasteiger partial charge in [0.05, 0.1) is 7.11 Å². The Balaban J connectivity index is 2.46. The second-order valence-corrected chi connectivity index (χ2v) is 10.3. The Bertz CT molecular complexity index is 1060. The third-order valence-corrected chi connectivity index (χ3v) is 6.40. The maximum Gasteiger partial charge on any atom is 0.408 e. The number of carbonyl (C=O) groups excluding carboxylic acids is 3. The second-order valence-electron chi connectivity index (χ2n) is 10.3. The number of carbonyl (C=O) groups is 3. The zero-order chi connectivity index (χ0) is 28.5. The van der Waals surface area contributed by atoms with E-state index >= 15 is 0 Å². The molecule has 0 saturated carbocycles. The summed E-state index contributed by atoms with van der Waals surface area (Å²) in [5.41, 5.74) is 1.68. The van der Waals surface area contributed by atoms with Crippen molar-refractivity contribution in [1.29, 1.82) is 0 Å². The third kappa shape index (κ3) is 8.50. The number of likely N-dealkylation sites (N-methyl/N-ethyl adjacent to an activating group) is 1. The van der Waals surface area contributed by atoms with E-state index in [-0.39, 0.29) is 24.3 Å². The summed E-state index contributed by atoms with van der Waals surface area (Å²) in [7, 11) is 1.58. The van der Waals surface area contributed by atoms with Gasteiger partial charge in [-0.15, -0.1) is 0 Å². The summed E-state index contributed by atoms with van der Waals surface area (Å²) in [6.45, 7) is 13.3. The number of aryl methyl sites for hydroxylation is 1. The highest BCUT2D eigenvalue weighted by molar-refractivity contribution is 5.99. The Morgan fingerprint density at radius 2 is 1.55 bits per heavy atom. The van der Waals surface area contributed by atoms with Gasteiger partial charge in [-0.05, 0) is 75.4 Å². The lowest BCUT2D eigenvalue weighted by Gasteiger charge is -2.35. The lowest BCUT2D eigenvalue weighted by Crippen LogP contribution is -2.54. The van der Waals surface area contributed by atoms with Crippen LogP contribution in [0.3, 0.4) is 0 Å². The molecule has 3 atom stereocenters. The average Bonchev–Trinajstić information content (AvgIpc) is 2.89. The van der Waals surface area contributed by atoms with Crippen LogP contribution in [0.4, 0.5) is 10.5 Å². The van der Waals surface area contributed by atoms with Crippen molar-refractivity contribution < 1.29 is 23.9 Å². The number of hydrogen-bond donors (Lipinski definition) is 2. The molecule has 0 aliphatic carbocycles. The second kappa shape index (κ2) is 13.8. The van der Waals surface area contributed by atoms with Gasteiger partial charge in [0.1, 0.15) is 23.4 Å². The lowest BCUT2D eigenvalue weighted by molar-refractivity contribution is -0.141. The predicted molar refractivity (Wildman–Crippen MR) is 150 cm³/mol. The smallest absolute Gasteiger partial charge is 0.408 e. The molecule has 3 unspecified atom stereocenters. The van der Waals surface area contributed by atoms with Gasteiger partial charge in [0.2, 0.25) is 5.91 Å². The molecule has 2 N–H and O–H groups in total. The molecule has 38 heavy (non-hydrogen) atoms. The molecule has 0 radical (unpaired) electrons. The molecule has 2 aromatic carbocycles. The maximum atomic E-state index is 14.0. The van der Waals surface area contributed by atoms with Gasteiger partial charge in [0, 0.05) is 12.2 Å². The topological polar surface area (TPSA) is 97.0 Å². The minimum absolute atomic E-state index is 0.183. The summed E-state index contributed by atoms with van der Waals surface area (Å²) in [5, 5.41) is 5.71. The van der Waals surface area contributed by atoms with Crippen LogP contribution >= 0.6 is 0 Å². The van der Waals surface area contributed by atoms with E-state index in [0.717, 1.165) is 12.0 Å². The fraction of sp³-hybridized carbons (Fsp3) is 0.500. The van der Waals surface area contributed by atoms with Crippen LogP contribution in [0.5, 0.6) is 5.75 Å². The normalized spacial score (nSPS) is 13.6. The van der Waals surface area contributed by atoms with E-state index in [9.17, 15) is 14.4 Å². The van der Waals surface area contributed by atoms with Crippen LogP contribution in [0.25, 0.3) is 0 Å². The number of benzene rings is 2. The third-order valence-electron chi connectivity index (χ3n) is 6.40. The molecule has 0 bridgehead atoms. The van der Waals surface area contributed by atoms with E-state index < -0.39 is 23.8 Å². The SMILES string of the molecule is CCc1ccc(C(C(=O)Nc2ccc(OC)cc2)N(CC)C(=O)C(NC(=O)OC(C)(C)C)C(C)CC)cc1. The van der Waals surface area contributed by atoms with Crippen LogP contribution in [0.2, 0.25) is 0 Å². The number of methoxy groups -OCH3 is 1. The van der Waals surface area contributed by atoms with Crippen molar-refractivity contribution in [3.05, 3.63) is 59.7 Å². The van der Waals surface area contributed by atoms with Gasteiger partial charge in [-0.1, -0.05) is 51.5 Å². The molecule has 208 valence electrons. The minimum Gasteiger partial charge on any atom is -0.497 e. The summed E-state index contributed by atoms with van der Waals surface area (Å²) in [4.78, 5) is 41.9. The monoisotopic (exact) mass is 525 g/mol. The van der Waals surface area contributed by atoms with Crippen molar-refractivity contribution >= 4 is 23.6 Å². The number of hydrogen-bond acceptors (Lipinski definition) is 5. The van der Waals surface area contributed by atoms with Gasteiger partial charge in [-0.25, -0.2) is 4.79 Å². The van der Waals surface area contributed by atoms with Crippen LogP contribution in [0.1, 0.15) is 72.1 Å². The summed E-state index contributed by atoms with van der Waals surface area (Å²) < 4.78 is 10.6. The number of alkyl carbamates (subject to hydrolysis) is 1. The molecule has 0 spiro atoms. The number of nitrogens with one attached hydrogen (secondary N) is 2. The number of amides is 3. The highest BCUT2D eigenvalue weighted by Crippen LogP contribution is 2.27. The first-order chi connectivity index (χ1) is 17.9. The van der Waals surface area contributed by atoms with E-state index in [1.165, 1.54) is 4.90 Å². The average molecular weight is 526 g/mol. The molecule has 3 amide bonds. The van der Waals surface area contributed by atoms with Gasteiger partial charge in [-0.3, -0.25) is 9.59 Å². The van der Waals surface area contributed by atoms with Crippen LogP contribution in [-0.4, -0.2) is 48.1 Å². The summed E-state index contributed by atoms with van der Waals surface area (Å²) in [6.07, 6.45) is 0.839. The molecule has 8 nitrogen and oxygen atoms in total. The van der Waals surface area contributed by atoms with E-state index in [4.69, 9.17) is 9.47 Å². The molecular formula is C30H43N3O5. The van der Waals surface area contributed by atoms with E-state index in [1.54, 1.807) is 52.1 Å². The lowest BCUT2D eigenvalue weighted by atomic mass is 9.95. The fourth-order valence-electron chi connectivity index (χ4n) is 4.06. The van der Waals surface area contributed by atoms with Crippen molar-refractivity contribution in [3.63, 3.8) is 0 Å². The number of nitrogens with zero attached hydrogens (tertiary/aromatic N) is 1. The standard InChI is InChI=1S/C30H43N3O5/c1-9-20(4)25(32-29(36)38-30(5,6)7)28(35)33(11-3)26(22-14-12-21(10-2)13-15-22)27(34)31-23-16-18-24(37-8)19-17-23/h12-20,25-26H,9-11H2,1-8H3,(H,31,34)(H,32,36). The van der Waals surface area contributed by atoms with Crippen LogP contribution in [0, 0.1) is 5.92 Å². The van der Waals surface area contributed by atoms with E-state index in [1.807, 2.05) is 45.0 Å². The summed E-state index contributed by atoms with van der Waals surface area (Å²) in [5.74, 6) is -0.210. The van der Waals surface area contributed by atoms with Crippen LogP contribution in [0.15, 0.2) is 48.5 Å². The predicted octanol–water partition coefficient (Wildman–Crippen LogP) is 5.73.